The lowest BCUT2D eigenvalue weighted by atomic mass is 10.1. The number of benzene rings is 1. The predicted octanol–water partition coefficient (Wildman–Crippen LogP) is 2.36. The monoisotopic (exact) mass is 343 g/mol. The Morgan fingerprint density at radius 1 is 1.20 bits per heavy atom. The summed E-state index contributed by atoms with van der Waals surface area (Å²) in [6, 6.07) is 6.49. The van der Waals surface area contributed by atoms with E-state index in [2.05, 4.69) is 5.32 Å². The van der Waals surface area contributed by atoms with Crippen molar-refractivity contribution in [2.24, 2.45) is 0 Å². The highest BCUT2D eigenvalue weighted by Crippen LogP contribution is 2.22. The number of nitrogens with zero attached hydrogens (tertiary/aromatic N) is 2. The molecule has 1 fully saturated rings. The summed E-state index contributed by atoms with van der Waals surface area (Å²) in [7, 11) is 0. The fourth-order valence-corrected chi connectivity index (χ4v) is 3.07. The number of carbonyl (C=O) groups excluding carboxylic acids is 3. The number of carbonyl (C=O) groups is 3. The number of rotatable bonds is 4. The van der Waals surface area contributed by atoms with E-state index < -0.39 is 18.0 Å². The zero-order valence-electron chi connectivity index (χ0n) is 14.2. The Kier molecular flexibility index (Phi) is 4.16. The third-order valence-electron chi connectivity index (χ3n) is 4.34. The summed E-state index contributed by atoms with van der Waals surface area (Å²) in [6.45, 7) is 4.88. The molecule has 1 N–H and O–H groups in total. The fourth-order valence-electron chi connectivity index (χ4n) is 3.07. The van der Waals surface area contributed by atoms with E-state index in [-0.39, 0.29) is 18.1 Å². The highest BCUT2D eigenvalue weighted by molar-refractivity contribution is 6.09. The van der Waals surface area contributed by atoms with Gasteiger partial charge in [0.2, 0.25) is 0 Å². The van der Waals surface area contributed by atoms with Crippen molar-refractivity contribution in [1.82, 2.24) is 14.8 Å². The number of hydrogen-bond acceptors (Lipinski definition) is 3. The van der Waals surface area contributed by atoms with Crippen LogP contribution in [0.2, 0.25) is 0 Å². The topological polar surface area (TPSA) is 71.4 Å². The van der Waals surface area contributed by atoms with Crippen LogP contribution in [0.3, 0.4) is 0 Å². The quantitative estimate of drug-likeness (QED) is 0.684. The SMILES string of the molecule is Cc1cc(C(=O)CN2C(=O)N[C@H](C)C2=O)c(C)n1-c1ccc(F)cc1. The molecule has 1 atom stereocenters. The summed E-state index contributed by atoms with van der Waals surface area (Å²) in [6.07, 6.45) is 0. The highest BCUT2D eigenvalue weighted by atomic mass is 19.1. The van der Waals surface area contributed by atoms with E-state index in [9.17, 15) is 18.8 Å². The number of amides is 3. The molecule has 0 radical (unpaired) electrons. The molecule has 1 aliphatic rings. The summed E-state index contributed by atoms with van der Waals surface area (Å²) in [5.74, 6) is -1.07. The van der Waals surface area contributed by atoms with Crippen LogP contribution in [0.4, 0.5) is 9.18 Å². The number of aryl methyl sites for hydroxylation is 1. The minimum absolute atomic E-state index is 0.303. The third-order valence-corrected chi connectivity index (χ3v) is 4.34. The normalized spacial score (nSPS) is 17.1. The molecular weight excluding hydrogens is 325 g/mol. The first-order valence-corrected chi connectivity index (χ1v) is 7.89. The van der Waals surface area contributed by atoms with Gasteiger partial charge >= 0.3 is 6.03 Å². The molecule has 0 unspecified atom stereocenters. The van der Waals surface area contributed by atoms with Gasteiger partial charge in [-0.15, -0.1) is 0 Å². The van der Waals surface area contributed by atoms with Crippen molar-refractivity contribution < 1.29 is 18.8 Å². The van der Waals surface area contributed by atoms with Gasteiger partial charge in [0.1, 0.15) is 11.9 Å². The molecule has 0 aliphatic carbocycles. The molecule has 7 heteroatoms. The van der Waals surface area contributed by atoms with Gasteiger partial charge in [0.25, 0.3) is 5.91 Å². The molecule has 1 saturated heterocycles. The summed E-state index contributed by atoms with van der Waals surface area (Å²) in [5.41, 5.74) is 2.65. The Morgan fingerprint density at radius 3 is 2.40 bits per heavy atom. The van der Waals surface area contributed by atoms with E-state index in [0.717, 1.165) is 16.3 Å². The van der Waals surface area contributed by atoms with Gasteiger partial charge in [0, 0.05) is 22.6 Å². The molecule has 130 valence electrons. The Bertz CT molecular complexity index is 870. The number of hydrogen-bond donors (Lipinski definition) is 1. The average Bonchev–Trinajstić information content (AvgIpc) is 2.99. The lowest BCUT2D eigenvalue weighted by Gasteiger charge is -2.12. The molecular formula is C18H18FN3O3. The van der Waals surface area contributed by atoms with Gasteiger partial charge in [0.05, 0.1) is 6.54 Å². The standard InChI is InChI=1S/C18H18FN3O3/c1-10-8-15(12(3)22(10)14-6-4-13(19)5-7-14)16(23)9-21-17(24)11(2)20-18(21)25/h4-8,11H,9H2,1-3H3,(H,20,25)/t11-/m1/s1. The lowest BCUT2D eigenvalue weighted by molar-refractivity contribution is -0.126. The van der Waals surface area contributed by atoms with Crippen molar-refractivity contribution in [2.45, 2.75) is 26.8 Å². The van der Waals surface area contributed by atoms with Crippen molar-refractivity contribution in [3.8, 4) is 5.69 Å². The minimum Gasteiger partial charge on any atom is -0.326 e. The van der Waals surface area contributed by atoms with Crippen molar-refractivity contribution in [1.29, 1.82) is 0 Å². The zero-order valence-corrected chi connectivity index (χ0v) is 14.2. The van der Waals surface area contributed by atoms with Crippen molar-refractivity contribution in [2.75, 3.05) is 6.54 Å². The van der Waals surface area contributed by atoms with Gasteiger partial charge in [-0.25, -0.2) is 9.18 Å². The number of halogens is 1. The van der Waals surface area contributed by atoms with E-state index in [4.69, 9.17) is 0 Å². The molecule has 1 aromatic carbocycles. The van der Waals surface area contributed by atoms with E-state index in [1.807, 2.05) is 11.5 Å². The van der Waals surface area contributed by atoms with Crippen LogP contribution in [0.15, 0.2) is 30.3 Å². The van der Waals surface area contributed by atoms with E-state index in [0.29, 0.717) is 11.3 Å². The van der Waals surface area contributed by atoms with Crippen LogP contribution in [0.1, 0.15) is 28.7 Å². The first-order chi connectivity index (χ1) is 11.8. The smallest absolute Gasteiger partial charge is 0.325 e. The summed E-state index contributed by atoms with van der Waals surface area (Å²) in [4.78, 5) is 37.3. The first-order valence-electron chi connectivity index (χ1n) is 7.89. The van der Waals surface area contributed by atoms with Crippen LogP contribution < -0.4 is 5.32 Å². The maximum atomic E-state index is 13.1. The highest BCUT2D eigenvalue weighted by Gasteiger charge is 2.36. The second-order valence-electron chi connectivity index (χ2n) is 6.12. The maximum Gasteiger partial charge on any atom is 0.325 e. The van der Waals surface area contributed by atoms with Gasteiger partial charge in [-0.05, 0) is 51.1 Å². The molecule has 1 aromatic heterocycles. The van der Waals surface area contributed by atoms with Gasteiger partial charge in [-0.1, -0.05) is 0 Å². The summed E-state index contributed by atoms with van der Waals surface area (Å²) in [5, 5.41) is 2.48. The summed E-state index contributed by atoms with van der Waals surface area (Å²) < 4.78 is 15.0. The number of urea groups is 1. The Balaban J connectivity index is 1.90. The van der Waals surface area contributed by atoms with Crippen molar-refractivity contribution in [3.63, 3.8) is 0 Å². The largest absolute Gasteiger partial charge is 0.326 e. The second kappa shape index (κ2) is 6.16. The number of Topliss-reactive ketones (excluding diaryl/α,β-unsaturated/α-hetero) is 1. The molecule has 6 nitrogen and oxygen atoms in total. The van der Waals surface area contributed by atoms with Gasteiger partial charge in [-0.3, -0.25) is 14.5 Å². The van der Waals surface area contributed by atoms with Crippen LogP contribution in [0, 0.1) is 19.7 Å². The first kappa shape index (κ1) is 16.9. The van der Waals surface area contributed by atoms with E-state index >= 15 is 0 Å². The lowest BCUT2D eigenvalue weighted by Crippen LogP contribution is -2.36. The molecule has 0 spiro atoms. The molecule has 0 saturated carbocycles. The van der Waals surface area contributed by atoms with Crippen molar-refractivity contribution >= 4 is 17.7 Å². The molecule has 3 rings (SSSR count). The molecule has 2 aromatic rings. The van der Waals surface area contributed by atoms with Crippen LogP contribution in [0.5, 0.6) is 0 Å². The maximum absolute atomic E-state index is 13.1. The number of nitrogens with one attached hydrogen (secondary N) is 1. The van der Waals surface area contributed by atoms with Gasteiger partial charge in [-0.2, -0.15) is 0 Å². The van der Waals surface area contributed by atoms with E-state index in [1.54, 1.807) is 32.0 Å². The van der Waals surface area contributed by atoms with Crippen LogP contribution in [0.25, 0.3) is 5.69 Å². The average molecular weight is 343 g/mol. The molecule has 25 heavy (non-hydrogen) atoms. The van der Waals surface area contributed by atoms with E-state index in [1.165, 1.54) is 12.1 Å². The van der Waals surface area contributed by atoms with Crippen LogP contribution in [-0.2, 0) is 4.79 Å². The van der Waals surface area contributed by atoms with Gasteiger partial charge in [0.15, 0.2) is 5.78 Å². The molecule has 2 heterocycles. The minimum atomic E-state index is -0.619. The molecule has 1 aliphatic heterocycles. The number of aromatic nitrogens is 1. The van der Waals surface area contributed by atoms with Crippen LogP contribution in [-0.4, -0.2) is 39.8 Å². The predicted molar refractivity (Wildman–Crippen MR) is 89.2 cm³/mol. The Morgan fingerprint density at radius 2 is 1.84 bits per heavy atom. The van der Waals surface area contributed by atoms with Crippen molar-refractivity contribution in [3.05, 3.63) is 53.1 Å². The molecule has 3 amide bonds. The Labute approximate surface area is 144 Å². The third kappa shape index (κ3) is 2.93. The Hall–Kier alpha value is -2.96. The molecule has 0 bridgehead atoms. The van der Waals surface area contributed by atoms with Crippen LogP contribution >= 0.6 is 0 Å². The fraction of sp³-hybridized carbons (Fsp3) is 0.278. The van der Waals surface area contributed by atoms with Gasteiger partial charge < -0.3 is 9.88 Å². The number of imide groups is 1. The second-order valence-corrected chi connectivity index (χ2v) is 6.12. The number of ketones is 1. The zero-order chi connectivity index (χ0) is 18.3. The summed E-state index contributed by atoms with van der Waals surface area (Å²) >= 11 is 0.